The van der Waals surface area contributed by atoms with Crippen LogP contribution >= 0.6 is 0 Å². The van der Waals surface area contributed by atoms with Crippen LogP contribution in [0.1, 0.15) is 40.1 Å². The van der Waals surface area contributed by atoms with Crippen LogP contribution in [0.25, 0.3) is 27.4 Å². The van der Waals surface area contributed by atoms with Gasteiger partial charge in [-0.15, -0.1) is 0 Å². The van der Waals surface area contributed by atoms with Gasteiger partial charge in [0.15, 0.2) is 0 Å². The van der Waals surface area contributed by atoms with Gasteiger partial charge in [0.2, 0.25) is 0 Å². The molecule has 41 heavy (non-hydrogen) atoms. The summed E-state index contributed by atoms with van der Waals surface area (Å²) >= 11 is 0. The number of nitrogens with two attached hydrogens (primary N) is 1. The number of carbonyl (C=O) groups is 1. The van der Waals surface area contributed by atoms with Crippen LogP contribution in [0.2, 0.25) is 0 Å². The van der Waals surface area contributed by atoms with E-state index in [2.05, 4.69) is 32.1 Å². The first-order valence-corrected chi connectivity index (χ1v) is 13.0. The fourth-order valence-electron chi connectivity index (χ4n) is 4.85. The molecule has 4 heterocycles. The molecule has 1 amide bonds. The summed E-state index contributed by atoms with van der Waals surface area (Å²) in [7, 11) is 0. The Bertz CT molecular complexity index is 2040. The van der Waals surface area contributed by atoms with Gasteiger partial charge in [-0.2, -0.15) is 0 Å². The van der Waals surface area contributed by atoms with E-state index >= 15 is 0 Å². The molecule has 6 aromatic rings. The molecule has 6 rings (SSSR count). The topological polar surface area (TPSA) is 116 Å². The minimum absolute atomic E-state index is 0.0808. The Hall–Kier alpha value is -5.81. The van der Waals surface area contributed by atoms with Crippen molar-refractivity contribution in [2.24, 2.45) is 0 Å². The lowest BCUT2D eigenvalue weighted by Crippen LogP contribution is -2.33. The molecule has 1 atom stereocenters. The van der Waals surface area contributed by atoms with E-state index < -0.39 is 11.9 Å². The second-order valence-corrected chi connectivity index (χ2v) is 9.46. The van der Waals surface area contributed by atoms with Crippen molar-refractivity contribution < 1.29 is 4.79 Å². The van der Waals surface area contributed by atoms with Gasteiger partial charge in [-0.05, 0) is 60.8 Å². The third-order valence-corrected chi connectivity index (χ3v) is 6.80. The van der Waals surface area contributed by atoms with Gasteiger partial charge < -0.3 is 11.1 Å². The number of pyridine rings is 4. The van der Waals surface area contributed by atoms with Gasteiger partial charge in [0, 0.05) is 52.7 Å². The SMILES string of the molecule is CC(NC(=O)c1c(N)ncc2cccnc12)c1cc2cccc(C#Cc3ccncc3)c2c(=O)n1-c1ccccc1. The highest BCUT2D eigenvalue weighted by Gasteiger charge is 2.22. The number of amides is 1. The van der Waals surface area contributed by atoms with Gasteiger partial charge in [0.1, 0.15) is 11.4 Å². The maximum absolute atomic E-state index is 14.2. The quantitative estimate of drug-likeness (QED) is 0.313. The average molecular weight is 537 g/mol. The van der Waals surface area contributed by atoms with Gasteiger partial charge >= 0.3 is 0 Å². The molecule has 0 spiro atoms. The van der Waals surface area contributed by atoms with Crippen LogP contribution in [-0.2, 0) is 0 Å². The molecule has 4 aromatic heterocycles. The molecular weight excluding hydrogens is 512 g/mol. The first-order valence-electron chi connectivity index (χ1n) is 13.0. The molecular formula is C33H24N6O2. The summed E-state index contributed by atoms with van der Waals surface area (Å²) in [4.78, 5) is 40.3. The first-order chi connectivity index (χ1) is 20.0. The summed E-state index contributed by atoms with van der Waals surface area (Å²) in [6.07, 6.45) is 6.54. The van der Waals surface area contributed by atoms with E-state index in [4.69, 9.17) is 5.73 Å². The Balaban J connectivity index is 1.48. The van der Waals surface area contributed by atoms with E-state index in [0.717, 1.165) is 5.56 Å². The Morgan fingerprint density at radius 2 is 1.68 bits per heavy atom. The number of carbonyl (C=O) groups excluding carboxylic acids is 1. The molecule has 0 aliphatic rings. The number of nitrogen functional groups attached to an aromatic ring is 1. The first kappa shape index (κ1) is 25.5. The molecule has 3 N–H and O–H groups in total. The average Bonchev–Trinajstić information content (AvgIpc) is 3.00. The maximum Gasteiger partial charge on any atom is 0.264 e. The van der Waals surface area contributed by atoms with E-state index in [1.54, 1.807) is 35.4 Å². The summed E-state index contributed by atoms with van der Waals surface area (Å²) in [6, 6.07) is 23.5. The van der Waals surface area contributed by atoms with Crippen LogP contribution in [0.15, 0.2) is 108 Å². The molecule has 8 nitrogen and oxygen atoms in total. The third-order valence-electron chi connectivity index (χ3n) is 6.80. The predicted molar refractivity (Wildman–Crippen MR) is 160 cm³/mol. The molecule has 198 valence electrons. The fourth-order valence-corrected chi connectivity index (χ4v) is 4.85. The molecule has 1 unspecified atom stereocenters. The molecule has 0 bridgehead atoms. The van der Waals surface area contributed by atoms with Crippen LogP contribution < -0.4 is 16.6 Å². The van der Waals surface area contributed by atoms with Crippen LogP contribution in [-0.4, -0.2) is 25.4 Å². The Morgan fingerprint density at radius 3 is 2.49 bits per heavy atom. The number of fused-ring (bicyclic) bond motifs is 2. The van der Waals surface area contributed by atoms with Crippen molar-refractivity contribution in [3.8, 4) is 17.5 Å². The monoisotopic (exact) mass is 536 g/mol. The van der Waals surface area contributed by atoms with Crippen molar-refractivity contribution in [2.45, 2.75) is 13.0 Å². The van der Waals surface area contributed by atoms with E-state index in [9.17, 15) is 9.59 Å². The lowest BCUT2D eigenvalue weighted by Gasteiger charge is -2.21. The highest BCUT2D eigenvalue weighted by atomic mass is 16.2. The third kappa shape index (κ3) is 4.88. The number of benzene rings is 2. The number of nitrogens with one attached hydrogen (secondary N) is 1. The highest BCUT2D eigenvalue weighted by molar-refractivity contribution is 6.09. The maximum atomic E-state index is 14.2. The summed E-state index contributed by atoms with van der Waals surface area (Å²) in [6.45, 7) is 1.83. The van der Waals surface area contributed by atoms with Gasteiger partial charge in [0.25, 0.3) is 11.5 Å². The molecule has 8 heteroatoms. The highest BCUT2D eigenvalue weighted by Crippen LogP contribution is 2.25. The second kappa shape index (κ2) is 10.8. The van der Waals surface area contributed by atoms with E-state index in [-0.39, 0.29) is 16.9 Å². The molecule has 0 aliphatic heterocycles. The van der Waals surface area contributed by atoms with Crippen molar-refractivity contribution in [2.75, 3.05) is 5.73 Å². The van der Waals surface area contributed by atoms with Gasteiger partial charge in [-0.25, -0.2) is 4.98 Å². The second-order valence-electron chi connectivity index (χ2n) is 9.46. The van der Waals surface area contributed by atoms with Crippen LogP contribution in [0.5, 0.6) is 0 Å². The number of aromatic nitrogens is 4. The minimum Gasteiger partial charge on any atom is -0.383 e. The fraction of sp³-hybridized carbons (Fsp3) is 0.0606. The molecule has 0 fully saturated rings. The minimum atomic E-state index is -0.579. The zero-order chi connectivity index (χ0) is 28.3. The van der Waals surface area contributed by atoms with Crippen molar-refractivity contribution in [3.63, 3.8) is 0 Å². The van der Waals surface area contributed by atoms with Crippen LogP contribution in [0, 0.1) is 11.8 Å². The Labute approximate surface area is 235 Å². The van der Waals surface area contributed by atoms with Crippen LogP contribution in [0.3, 0.4) is 0 Å². The number of rotatable bonds is 4. The zero-order valence-corrected chi connectivity index (χ0v) is 22.1. The normalized spacial score (nSPS) is 11.5. The number of hydrogen-bond donors (Lipinski definition) is 2. The Kier molecular flexibility index (Phi) is 6.68. The zero-order valence-electron chi connectivity index (χ0n) is 22.1. The lowest BCUT2D eigenvalue weighted by atomic mass is 10.0. The van der Waals surface area contributed by atoms with Crippen molar-refractivity contribution >= 4 is 33.4 Å². The number of hydrogen-bond acceptors (Lipinski definition) is 6. The summed E-state index contributed by atoms with van der Waals surface area (Å²) in [5.74, 6) is 5.93. The summed E-state index contributed by atoms with van der Waals surface area (Å²) < 4.78 is 1.62. The number of nitrogens with zero attached hydrogens (tertiary/aromatic N) is 4. The smallest absolute Gasteiger partial charge is 0.264 e. The summed E-state index contributed by atoms with van der Waals surface area (Å²) in [5, 5.41) is 4.93. The van der Waals surface area contributed by atoms with E-state index in [1.165, 1.54) is 0 Å². The van der Waals surface area contributed by atoms with Crippen molar-refractivity contribution in [1.29, 1.82) is 0 Å². The summed E-state index contributed by atoms with van der Waals surface area (Å²) in [5.41, 5.74) is 9.21. The van der Waals surface area contributed by atoms with Crippen LogP contribution in [0.4, 0.5) is 5.82 Å². The number of anilines is 1. The van der Waals surface area contributed by atoms with Crippen molar-refractivity contribution in [3.05, 3.63) is 136 Å². The lowest BCUT2D eigenvalue weighted by molar-refractivity contribution is 0.0941. The predicted octanol–water partition coefficient (Wildman–Crippen LogP) is 4.80. The van der Waals surface area contributed by atoms with E-state index in [1.807, 2.05) is 79.7 Å². The molecule has 0 saturated carbocycles. The molecule has 0 saturated heterocycles. The van der Waals surface area contributed by atoms with Crippen molar-refractivity contribution in [1.82, 2.24) is 24.8 Å². The number of para-hydroxylation sites is 1. The van der Waals surface area contributed by atoms with Gasteiger partial charge in [-0.1, -0.05) is 42.2 Å². The molecule has 0 aliphatic carbocycles. The molecule has 0 radical (unpaired) electrons. The molecule has 2 aromatic carbocycles. The largest absolute Gasteiger partial charge is 0.383 e. The van der Waals surface area contributed by atoms with Gasteiger partial charge in [0.05, 0.1) is 16.9 Å². The Morgan fingerprint density at radius 1 is 0.902 bits per heavy atom. The van der Waals surface area contributed by atoms with E-state index in [0.29, 0.717) is 38.6 Å². The standard InChI is InChI=1S/C33H24N6O2/c1-21(38-32(40)29-30-25(9-6-16-36-30)20-37-31(29)34)27-19-24-8-5-7-23(13-12-22-14-17-35-18-15-22)28(24)33(41)39(27)26-10-3-2-4-11-26/h2-11,14-21H,1H3,(H2,34,37)(H,38,40). The van der Waals surface area contributed by atoms with Gasteiger partial charge in [-0.3, -0.25) is 24.1 Å².